The summed E-state index contributed by atoms with van der Waals surface area (Å²) in [5, 5.41) is 0. The number of hydrogen-bond donors (Lipinski definition) is 0. The average Bonchev–Trinajstić information content (AvgIpc) is 2.28. The molecule has 0 atom stereocenters. The lowest BCUT2D eigenvalue weighted by molar-refractivity contribution is -0.284. The van der Waals surface area contributed by atoms with Gasteiger partial charge in [-0.2, -0.15) is 17.6 Å². The topological polar surface area (TPSA) is 12.5 Å². The van der Waals surface area contributed by atoms with Gasteiger partial charge in [-0.05, 0) is 0 Å². The number of halogens is 6. The molecule has 1 fully saturated rings. The summed E-state index contributed by atoms with van der Waals surface area (Å²) in [4.78, 5) is 0.369. The van der Waals surface area contributed by atoms with E-state index in [-0.39, 0.29) is 36.2 Å². The SMILES string of the molecule is F/C(=C\Br)C(F)(F)C(F)(F)N1CCOCC1. The van der Waals surface area contributed by atoms with Gasteiger partial charge in [-0.3, -0.25) is 0 Å². The lowest BCUT2D eigenvalue weighted by Crippen LogP contribution is -2.58. The third kappa shape index (κ3) is 2.38. The number of nitrogens with zero attached hydrogens (tertiary/aromatic N) is 1. The number of alkyl halides is 4. The van der Waals surface area contributed by atoms with E-state index in [0.717, 1.165) is 0 Å². The fraction of sp³-hybridized carbons (Fsp3) is 0.750. The summed E-state index contributed by atoms with van der Waals surface area (Å²) in [6, 6.07) is -4.56. The maximum atomic E-state index is 13.3. The highest BCUT2D eigenvalue weighted by atomic mass is 79.9. The Balaban J connectivity index is 2.89. The summed E-state index contributed by atoms with van der Waals surface area (Å²) >= 11 is 2.27. The summed E-state index contributed by atoms with van der Waals surface area (Å²) in [6.45, 7) is -0.882. The van der Waals surface area contributed by atoms with Crippen LogP contribution in [0.1, 0.15) is 0 Å². The predicted molar refractivity (Wildman–Crippen MR) is 50.4 cm³/mol. The summed E-state index contributed by atoms with van der Waals surface area (Å²) in [7, 11) is 0. The molecular formula is C8H9BrF5NO. The summed E-state index contributed by atoms with van der Waals surface area (Å²) < 4.78 is 70.3. The average molecular weight is 310 g/mol. The molecule has 94 valence electrons. The first-order valence-electron chi connectivity index (χ1n) is 4.39. The molecule has 1 aliphatic heterocycles. The van der Waals surface area contributed by atoms with Gasteiger partial charge in [0.1, 0.15) is 0 Å². The molecule has 0 aromatic carbocycles. The maximum absolute atomic E-state index is 13.3. The van der Waals surface area contributed by atoms with Crippen molar-refractivity contribution in [3.8, 4) is 0 Å². The molecule has 2 nitrogen and oxygen atoms in total. The summed E-state index contributed by atoms with van der Waals surface area (Å²) in [6.07, 6.45) is 0. The van der Waals surface area contributed by atoms with Crippen molar-refractivity contribution in [3.63, 3.8) is 0 Å². The lowest BCUT2D eigenvalue weighted by Gasteiger charge is -2.37. The summed E-state index contributed by atoms with van der Waals surface area (Å²) in [5.41, 5.74) is 0. The van der Waals surface area contributed by atoms with E-state index in [1.54, 1.807) is 0 Å². The standard InChI is InChI=1S/C8H9BrF5NO/c9-5-6(10)7(11,12)8(13,14)15-1-3-16-4-2-15/h5H,1-4H2/b6-5-. The van der Waals surface area contributed by atoms with Gasteiger partial charge in [-0.1, -0.05) is 15.9 Å². The molecule has 1 rings (SSSR count). The van der Waals surface area contributed by atoms with Gasteiger partial charge in [0, 0.05) is 18.1 Å². The molecule has 1 saturated heterocycles. The quantitative estimate of drug-likeness (QED) is 0.587. The van der Waals surface area contributed by atoms with E-state index < -0.39 is 17.8 Å². The Morgan fingerprint density at radius 1 is 1.19 bits per heavy atom. The molecule has 8 heteroatoms. The van der Waals surface area contributed by atoms with E-state index in [0.29, 0.717) is 0 Å². The fourth-order valence-corrected chi connectivity index (χ4v) is 1.54. The fourth-order valence-electron chi connectivity index (χ4n) is 1.25. The minimum absolute atomic E-state index is 0.0781. The molecule has 0 aromatic rings. The monoisotopic (exact) mass is 309 g/mol. The van der Waals surface area contributed by atoms with Crippen LogP contribution in [0.3, 0.4) is 0 Å². The van der Waals surface area contributed by atoms with Gasteiger partial charge in [-0.15, -0.1) is 0 Å². The largest absolute Gasteiger partial charge is 0.379 e. The third-order valence-corrected chi connectivity index (χ3v) is 2.58. The van der Waals surface area contributed by atoms with E-state index in [9.17, 15) is 22.0 Å². The van der Waals surface area contributed by atoms with Gasteiger partial charge in [0.25, 0.3) is 0 Å². The van der Waals surface area contributed by atoms with Crippen LogP contribution in [-0.4, -0.2) is 43.2 Å². The number of ether oxygens (including phenoxy) is 1. The highest BCUT2D eigenvalue weighted by Crippen LogP contribution is 2.43. The van der Waals surface area contributed by atoms with Crippen molar-refractivity contribution in [2.45, 2.75) is 12.0 Å². The van der Waals surface area contributed by atoms with Gasteiger partial charge >= 0.3 is 12.0 Å². The molecule has 0 amide bonds. The van der Waals surface area contributed by atoms with Crippen LogP contribution < -0.4 is 0 Å². The van der Waals surface area contributed by atoms with Crippen LogP contribution in [0.2, 0.25) is 0 Å². The minimum atomic E-state index is -4.85. The van der Waals surface area contributed by atoms with Crippen molar-refractivity contribution >= 4 is 15.9 Å². The summed E-state index contributed by atoms with van der Waals surface area (Å²) in [5.74, 6) is -7.06. The van der Waals surface area contributed by atoms with E-state index in [4.69, 9.17) is 4.74 Å². The zero-order valence-corrected chi connectivity index (χ0v) is 9.62. The molecular weight excluding hydrogens is 301 g/mol. The second kappa shape index (κ2) is 4.97. The van der Waals surface area contributed by atoms with Crippen molar-refractivity contribution in [2.75, 3.05) is 26.3 Å². The van der Waals surface area contributed by atoms with E-state index in [1.807, 2.05) is 0 Å². The molecule has 0 spiro atoms. The van der Waals surface area contributed by atoms with Gasteiger partial charge in [0.15, 0.2) is 5.83 Å². The number of hydrogen-bond acceptors (Lipinski definition) is 2. The van der Waals surface area contributed by atoms with Gasteiger partial charge < -0.3 is 4.74 Å². The van der Waals surface area contributed by atoms with E-state index in [2.05, 4.69) is 15.9 Å². The van der Waals surface area contributed by atoms with Crippen LogP contribution >= 0.6 is 15.9 Å². The van der Waals surface area contributed by atoms with E-state index in [1.165, 1.54) is 0 Å². The zero-order chi connectivity index (χ0) is 12.4. The van der Waals surface area contributed by atoms with Gasteiger partial charge in [0.05, 0.1) is 13.2 Å². The minimum Gasteiger partial charge on any atom is -0.379 e. The Labute approximate surface area is 97.2 Å². The molecule has 0 N–H and O–H groups in total. The molecule has 0 radical (unpaired) electrons. The van der Waals surface area contributed by atoms with Crippen LogP contribution in [0.15, 0.2) is 10.8 Å². The highest BCUT2D eigenvalue weighted by Gasteiger charge is 2.63. The van der Waals surface area contributed by atoms with Crippen LogP contribution in [0.5, 0.6) is 0 Å². The smallest absolute Gasteiger partial charge is 0.375 e. The Morgan fingerprint density at radius 2 is 1.69 bits per heavy atom. The Hall–Kier alpha value is -0.210. The van der Waals surface area contributed by atoms with Crippen LogP contribution in [0.25, 0.3) is 0 Å². The Morgan fingerprint density at radius 3 is 2.12 bits per heavy atom. The zero-order valence-electron chi connectivity index (χ0n) is 8.03. The molecule has 1 heterocycles. The molecule has 16 heavy (non-hydrogen) atoms. The van der Waals surface area contributed by atoms with Gasteiger partial charge in [0.2, 0.25) is 0 Å². The van der Waals surface area contributed by atoms with Crippen LogP contribution in [-0.2, 0) is 4.74 Å². The Kier molecular flexibility index (Phi) is 4.30. The second-order valence-corrected chi connectivity index (χ2v) is 3.63. The highest BCUT2D eigenvalue weighted by molar-refractivity contribution is 9.11. The molecule has 0 saturated carbocycles. The number of rotatable bonds is 3. The van der Waals surface area contributed by atoms with Crippen molar-refractivity contribution in [2.24, 2.45) is 0 Å². The first-order chi connectivity index (χ1) is 7.34. The Bertz CT molecular complexity index is 278. The van der Waals surface area contributed by atoms with Crippen LogP contribution in [0.4, 0.5) is 22.0 Å². The lowest BCUT2D eigenvalue weighted by atomic mass is 10.2. The maximum Gasteiger partial charge on any atom is 0.375 e. The second-order valence-electron chi connectivity index (χ2n) is 3.17. The molecule has 1 aliphatic rings. The van der Waals surface area contributed by atoms with Crippen molar-refractivity contribution < 1.29 is 26.7 Å². The molecule has 0 bridgehead atoms. The number of morpholine rings is 1. The molecule has 0 aromatic heterocycles. The van der Waals surface area contributed by atoms with E-state index >= 15 is 0 Å². The van der Waals surface area contributed by atoms with Gasteiger partial charge in [-0.25, -0.2) is 9.29 Å². The molecule has 0 unspecified atom stereocenters. The third-order valence-electron chi connectivity index (χ3n) is 2.18. The first-order valence-corrected chi connectivity index (χ1v) is 5.30. The van der Waals surface area contributed by atoms with Crippen LogP contribution in [0, 0.1) is 0 Å². The first kappa shape index (κ1) is 13.9. The van der Waals surface area contributed by atoms with Crippen molar-refractivity contribution in [1.29, 1.82) is 0 Å². The molecule has 0 aliphatic carbocycles. The normalized spacial score (nSPS) is 21.2. The van der Waals surface area contributed by atoms with Crippen molar-refractivity contribution in [3.05, 3.63) is 10.8 Å². The van der Waals surface area contributed by atoms with Crippen molar-refractivity contribution in [1.82, 2.24) is 4.90 Å². The predicted octanol–water partition coefficient (Wildman–Crippen LogP) is 2.75.